The second-order valence-corrected chi connectivity index (χ2v) is 16.1. The van der Waals surface area contributed by atoms with E-state index in [-0.39, 0.29) is 5.57 Å². The van der Waals surface area contributed by atoms with Crippen LogP contribution in [0.3, 0.4) is 0 Å². The molecule has 7 aromatic carbocycles. The van der Waals surface area contributed by atoms with Crippen LogP contribution in [0.15, 0.2) is 217 Å². The van der Waals surface area contributed by atoms with E-state index in [1.165, 1.54) is 10.8 Å². The van der Waals surface area contributed by atoms with E-state index in [0.29, 0.717) is 17.7 Å². The third-order valence-electron chi connectivity index (χ3n) is 11.3. The Hall–Kier alpha value is -7.74. The lowest BCUT2D eigenvalue weighted by Gasteiger charge is -2.14. The van der Waals surface area contributed by atoms with Crippen molar-refractivity contribution >= 4 is 59.0 Å². The minimum Gasteiger partial charge on any atom is -0.505 e. The number of hydrogen-bond acceptors (Lipinski definition) is 6. The first-order chi connectivity index (χ1) is 29.7. The molecular formula is C54H42N2O4S. The summed E-state index contributed by atoms with van der Waals surface area (Å²) in [5, 5.41) is 46.3. The van der Waals surface area contributed by atoms with Crippen LogP contribution in [-0.4, -0.2) is 25.0 Å². The molecule has 0 fully saturated rings. The molecule has 9 rings (SSSR count). The molecule has 2 aromatic heterocycles. The first kappa shape index (κ1) is 38.8. The van der Waals surface area contributed by atoms with E-state index in [2.05, 4.69) is 139 Å². The second kappa shape index (κ2) is 16.1. The number of allylic oxidation sites excluding steroid dienone is 4. The molecule has 0 saturated carbocycles. The van der Waals surface area contributed by atoms with E-state index >= 15 is 0 Å². The van der Waals surface area contributed by atoms with Crippen LogP contribution < -0.4 is 5.73 Å². The van der Waals surface area contributed by atoms with Crippen LogP contribution in [0.5, 0.6) is 0 Å². The SMILES string of the molecule is C=C(O)\C(O)=C(O)/C(O)=C(C)/C(/C=C(\N)c1ccccc1)=C/Cc1cccc2sc3ccc(-n4c5ccccc5c5cc(-c6ccccc6)cc(-c6ccccc6)c54)cc3c12. The van der Waals surface area contributed by atoms with Gasteiger partial charge in [0.25, 0.3) is 0 Å². The van der Waals surface area contributed by atoms with Crippen molar-refractivity contribution < 1.29 is 20.4 Å². The molecule has 7 heteroatoms. The van der Waals surface area contributed by atoms with E-state index in [1.54, 1.807) is 24.3 Å². The molecule has 298 valence electrons. The normalized spacial score (nSPS) is 13.2. The van der Waals surface area contributed by atoms with Crippen LogP contribution in [0.2, 0.25) is 0 Å². The van der Waals surface area contributed by atoms with Gasteiger partial charge in [-0.2, -0.15) is 0 Å². The molecule has 6 nitrogen and oxygen atoms in total. The van der Waals surface area contributed by atoms with Crippen LogP contribution in [0.1, 0.15) is 18.1 Å². The maximum Gasteiger partial charge on any atom is 0.204 e. The quantitative estimate of drug-likeness (QED) is 0.0697. The Morgan fingerprint density at radius 1 is 0.623 bits per heavy atom. The van der Waals surface area contributed by atoms with Gasteiger partial charge in [0.1, 0.15) is 0 Å². The molecular weight excluding hydrogens is 773 g/mol. The number of para-hydroxylation sites is 1. The number of rotatable bonds is 10. The lowest BCUT2D eigenvalue weighted by atomic mass is 9.95. The van der Waals surface area contributed by atoms with Crippen LogP contribution >= 0.6 is 11.3 Å². The number of hydrogen-bond donors (Lipinski definition) is 5. The topological polar surface area (TPSA) is 112 Å². The zero-order valence-electron chi connectivity index (χ0n) is 33.4. The number of aliphatic hydroxyl groups excluding tert-OH is 4. The molecule has 0 radical (unpaired) electrons. The molecule has 6 N–H and O–H groups in total. The molecule has 0 amide bonds. The monoisotopic (exact) mass is 814 g/mol. The summed E-state index contributed by atoms with van der Waals surface area (Å²) in [6, 6.07) is 56.9. The Labute approximate surface area is 357 Å². The zero-order chi connectivity index (χ0) is 42.2. The summed E-state index contributed by atoms with van der Waals surface area (Å²) >= 11 is 1.74. The third-order valence-corrected chi connectivity index (χ3v) is 12.4. The van der Waals surface area contributed by atoms with E-state index in [4.69, 9.17) is 5.73 Å². The summed E-state index contributed by atoms with van der Waals surface area (Å²) in [5.74, 6) is -3.20. The largest absolute Gasteiger partial charge is 0.505 e. The summed E-state index contributed by atoms with van der Waals surface area (Å²) in [5.41, 5.74) is 17.5. The first-order valence-corrected chi connectivity index (χ1v) is 20.8. The molecule has 0 aliphatic carbocycles. The predicted octanol–water partition coefficient (Wildman–Crippen LogP) is 14.2. The molecule has 0 unspecified atom stereocenters. The van der Waals surface area contributed by atoms with Gasteiger partial charge >= 0.3 is 0 Å². The Bertz CT molecular complexity index is 3280. The third kappa shape index (κ3) is 7.22. The lowest BCUT2D eigenvalue weighted by molar-refractivity contribution is 0.261. The van der Waals surface area contributed by atoms with Crippen molar-refractivity contribution in [3.63, 3.8) is 0 Å². The van der Waals surface area contributed by atoms with Gasteiger partial charge in [0, 0.05) is 53.5 Å². The first-order valence-electron chi connectivity index (χ1n) is 19.9. The van der Waals surface area contributed by atoms with Gasteiger partial charge in [-0.05, 0) is 95.3 Å². The van der Waals surface area contributed by atoms with Gasteiger partial charge in [0.05, 0.1) is 11.0 Å². The highest BCUT2D eigenvalue weighted by Gasteiger charge is 2.21. The van der Waals surface area contributed by atoms with Crippen molar-refractivity contribution in [2.75, 3.05) is 0 Å². The Morgan fingerprint density at radius 3 is 2.02 bits per heavy atom. The van der Waals surface area contributed by atoms with E-state index in [1.807, 2.05) is 42.5 Å². The van der Waals surface area contributed by atoms with Crippen molar-refractivity contribution in [3.8, 4) is 27.9 Å². The molecule has 9 aromatic rings. The summed E-state index contributed by atoms with van der Waals surface area (Å²) < 4.78 is 4.69. The molecule has 0 saturated heterocycles. The number of fused-ring (bicyclic) bond motifs is 6. The Morgan fingerprint density at radius 2 is 1.30 bits per heavy atom. The molecule has 0 atom stereocenters. The predicted molar refractivity (Wildman–Crippen MR) is 254 cm³/mol. The van der Waals surface area contributed by atoms with Crippen molar-refractivity contribution in [1.82, 2.24) is 4.57 Å². The number of thiophene rings is 1. The van der Waals surface area contributed by atoms with Gasteiger partial charge in [0.2, 0.25) is 11.5 Å². The van der Waals surface area contributed by atoms with Crippen LogP contribution in [0.4, 0.5) is 0 Å². The second-order valence-electron chi connectivity index (χ2n) is 15.0. The minimum absolute atomic E-state index is 0.241. The van der Waals surface area contributed by atoms with Gasteiger partial charge in [0.15, 0.2) is 11.5 Å². The summed E-state index contributed by atoms with van der Waals surface area (Å²) in [7, 11) is 0. The zero-order valence-corrected chi connectivity index (χ0v) is 34.2. The molecule has 0 aliphatic rings. The number of benzene rings is 7. The maximum atomic E-state index is 11.1. The molecule has 0 bridgehead atoms. The molecule has 0 spiro atoms. The molecule has 2 heterocycles. The fourth-order valence-electron chi connectivity index (χ4n) is 8.18. The Kier molecular flexibility index (Phi) is 10.3. The molecule has 0 aliphatic heterocycles. The average Bonchev–Trinajstić information content (AvgIpc) is 3.85. The van der Waals surface area contributed by atoms with Crippen molar-refractivity contribution in [1.29, 1.82) is 0 Å². The summed E-state index contributed by atoms with van der Waals surface area (Å²) in [6.45, 7) is 4.88. The lowest BCUT2D eigenvalue weighted by Crippen LogP contribution is -2.03. The smallest absolute Gasteiger partial charge is 0.204 e. The number of nitrogens with two attached hydrogens (primary N) is 1. The number of aliphatic hydroxyl groups is 4. The maximum absolute atomic E-state index is 11.1. The van der Waals surface area contributed by atoms with Gasteiger partial charge < -0.3 is 30.7 Å². The standard InChI is InChI=1S/C54H42N2O4S/c1-33(52(58)54(60)53(59)34(2)57)39(31-46(55)37-19-10-5-11-20-37)26-25-38-21-14-24-49-50(38)45-32-41(27-28-48(45)61-49)56-47-23-13-12-22-42(47)44-30-40(35-15-6-3-7-16-35)29-43(51(44)56)36-17-8-4-9-18-36/h3-24,26-32,57-60H,2,25,55H2,1H3/b39-26+,46-31-,52-33-,54-53-. The highest BCUT2D eigenvalue weighted by Crippen LogP contribution is 2.43. The number of aromatic nitrogens is 1. The van der Waals surface area contributed by atoms with Crippen molar-refractivity contribution in [3.05, 3.63) is 228 Å². The molecule has 61 heavy (non-hydrogen) atoms. The summed E-state index contributed by atoms with van der Waals surface area (Å²) in [4.78, 5) is 0. The fourth-order valence-corrected chi connectivity index (χ4v) is 9.32. The van der Waals surface area contributed by atoms with Gasteiger partial charge in [-0.1, -0.05) is 134 Å². The van der Waals surface area contributed by atoms with Crippen LogP contribution in [0.25, 0.3) is 75.6 Å². The van der Waals surface area contributed by atoms with E-state index in [9.17, 15) is 20.4 Å². The minimum atomic E-state index is -0.919. The van der Waals surface area contributed by atoms with E-state index < -0.39 is 23.0 Å². The average molecular weight is 815 g/mol. The highest BCUT2D eigenvalue weighted by molar-refractivity contribution is 7.25. The van der Waals surface area contributed by atoms with E-state index in [0.717, 1.165) is 70.3 Å². The van der Waals surface area contributed by atoms with Crippen molar-refractivity contribution in [2.24, 2.45) is 5.73 Å². The number of nitrogens with zero attached hydrogens (tertiary/aromatic N) is 1. The van der Waals surface area contributed by atoms with Gasteiger partial charge in [-0.25, -0.2) is 0 Å². The summed E-state index contributed by atoms with van der Waals surface area (Å²) in [6.07, 6.45) is 4.13. The van der Waals surface area contributed by atoms with Crippen molar-refractivity contribution in [2.45, 2.75) is 13.3 Å². The highest BCUT2D eigenvalue weighted by atomic mass is 32.1. The van der Waals surface area contributed by atoms with Gasteiger partial charge in [-0.3, -0.25) is 0 Å². The van der Waals surface area contributed by atoms with Crippen LogP contribution in [0, 0.1) is 0 Å². The Balaban J connectivity index is 1.24. The van der Waals surface area contributed by atoms with Crippen LogP contribution in [-0.2, 0) is 6.42 Å². The fraction of sp³-hybridized carbons (Fsp3) is 0.0370. The van der Waals surface area contributed by atoms with Gasteiger partial charge in [-0.15, -0.1) is 11.3 Å².